The Hall–Kier alpha value is -0.570. The molecule has 3 N–H and O–H groups in total. The molecule has 3 saturated carbocycles. The third-order valence-electron chi connectivity index (χ3n) is 7.17. The highest BCUT2D eigenvalue weighted by atomic mass is 16.2. The summed E-state index contributed by atoms with van der Waals surface area (Å²) in [6, 6.07) is 0.749. The van der Waals surface area contributed by atoms with Gasteiger partial charge in [0.15, 0.2) is 0 Å². The Kier molecular flexibility index (Phi) is 5.06. The molecule has 1 unspecified atom stereocenters. The largest absolute Gasteiger partial charge is 0.353 e. The van der Waals surface area contributed by atoms with Crippen molar-refractivity contribution in [2.24, 2.45) is 34.8 Å². The predicted octanol–water partition coefficient (Wildman–Crippen LogP) is 3.86. The first-order chi connectivity index (χ1) is 10.9. The molecule has 0 radical (unpaired) electrons. The van der Waals surface area contributed by atoms with Crippen molar-refractivity contribution in [1.29, 1.82) is 0 Å². The quantitative estimate of drug-likeness (QED) is 0.829. The van der Waals surface area contributed by atoms with Gasteiger partial charge in [0, 0.05) is 18.0 Å². The average Bonchev–Trinajstić information content (AvgIpc) is 2.47. The molecule has 3 nitrogen and oxygen atoms in total. The van der Waals surface area contributed by atoms with E-state index >= 15 is 0 Å². The predicted molar refractivity (Wildman–Crippen MR) is 94.9 cm³/mol. The minimum Gasteiger partial charge on any atom is -0.353 e. The van der Waals surface area contributed by atoms with Crippen LogP contribution in [0.4, 0.5) is 0 Å². The Labute approximate surface area is 142 Å². The fourth-order valence-electron chi connectivity index (χ4n) is 5.79. The number of rotatable bonds is 3. The molecular weight excluding hydrogens is 284 g/mol. The molecule has 0 aromatic heterocycles. The van der Waals surface area contributed by atoms with Crippen LogP contribution in [0.2, 0.25) is 0 Å². The minimum absolute atomic E-state index is 0.228. The van der Waals surface area contributed by atoms with Crippen LogP contribution in [0, 0.1) is 29.1 Å². The van der Waals surface area contributed by atoms with E-state index in [1.54, 1.807) is 0 Å². The number of nitrogens with one attached hydrogen (secondary N) is 1. The maximum atomic E-state index is 13.1. The number of hydrogen-bond acceptors (Lipinski definition) is 2. The first kappa shape index (κ1) is 17.3. The maximum Gasteiger partial charge on any atom is 0.223 e. The van der Waals surface area contributed by atoms with Gasteiger partial charge in [0.1, 0.15) is 0 Å². The average molecular weight is 321 g/mol. The van der Waals surface area contributed by atoms with Crippen molar-refractivity contribution in [1.82, 2.24) is 5.32 Å². The van der Waals surface area contributed by atoms with Crippen LogP contribution < -0.4 is 11.1 Å². The molecule has 0 heterocycles. The van der Waals surface area contributed by atoms with Gasteiger partial charge in [0.25, 0.3) is 0 Å². The topological polar surface area (TPSA) is 55.1 Å². The Bertz CT molecular complexity index is 422. The molecule has 1 spiro atoms. The molecule has 0 aromatic carbocycles. The van der Waals surface area contributed by atoms with Gasteiger partial charge in [-0.25, -0.2) is 0 Å². The summed E-state index contributed by atoms with van der Waals surface area (Å²) in [6.45, 7) is 6.88. The summed E-state index contributed by atoms with van der Waals surface area (Å²) < 4.78 is 0. The van der Waals surface area contributed by atoms with Gasteiger partial charge in [-0.2, -0.15) is 0 Å². The second kappa shape index (κ2) is 6.74. The SMILES string of the molecule is CC(C)[C@@H]1CC[C@@H](C)C[C@H]1C(=O)NC1CCCCC12CC(N)C2. The van der Waals surface area contributed by atoms with Crippen molar-refractivity contribution < 1.29 is 4.79 Å². The molecule has 3 rings (SSSR count). The number of amides is 1. The fraction of sp³-hybridized carbons (Fsp3) is 0.950. The van der Waals surface area contributed by atoms with Gasteiger partial charge < -0.3 is 11.1 Å². The number of nitrogens with two attached hydrogens (primary N) is 1. The van der Waals surface area contributed by atoms with Crippen LogP contribution in [-0.2, 0) is 4.79 Å². The van der Waals surface area contributed by atoms with Gasteiger partial charge >= 0.3 is 0 Å². The number of carbonyl (C=O) groups excluding carboxylic acids is 1. The van der Waals surface area contributed by atoms with Crippen LogP contribution in [0.15, 0.2) is 0 Å². The van der Waals surface area contributed by atoms with E-state index in [-0.39, 0.29) is 5.92 Å². The Morgan fingerprint density at radius 1 is 1.17 bits per heavy atom. The van der Waals surface area contributed by atoms with Gasteiger partial charge in [0.05, 0.1) is 0 Å². The van der Waals surface area contributed by atoms with Crippen molar-refractivity contribution in [2.45, 2.75) is 90.6 Å². The zero-order chi connectivity index (χ0) is 16.6. The van der Waals surface area contributed by atoms with E-state index in [2.05, 4.69) is 26.1 Å². The molecule has 1 amide bonds. The molecule has 132 valence electrons. The molecule has 0 saturated heterocycles. The van der Waals surface area contributed by atoms with Crippen molar-refractivity contribution in [3.05, 3.63) is 0 Å². The van der Waals surface area contributed by atoms with Crippen LogP contribution in [-0.4, -0.2) is 18.0 Å². The monoisotopic (exact) mass is 320 g/mol. The lowest BCUT2D eigenvalue weighted by atomic mass is 9.56. The summed E-state index contributed by atoms with van der Waals surface area (Å²) in [5.41, 5.74) is 6.42. The molecule has 0 aromatic rings. The maximum absolute atomic E-state index is 13.1. The van der Waals surface area contributed by atoms with E-state index in [1.165, 1.54) is 32.1 Å². The first-order valence-corrected chi connectivity index (χ1v) is 9.97. The van der Waals surface area contributed by atoms with E-state index in [9.17, 15) is 4.79 Å². The summed E-state index contributed by atoms with van der Waals surface area (Å²) in [5.74, 6) is 2.44. The summed E-state index contributed by atoms with van der Waals surface area (Å²) in [4.78, 5) is 13.1. The van der Waals surface area contributed by atoms with Crippen LogP contribution in [0.25, 0.3) is 0 Å². The van der Waals surface area contributed by atoms with Crippen LogP contribution >= 0.6 is 0 Å². The van der Waals surface area contributed by atoms with Gasteiger partial charge in [-0.1, -0.05) is 40.0 Å². The van der Waals surface area contributed by atoms with Crippen molar-refractivity contribution >= 4 is 5.91 Å². The third-order valence-corrected chi connectivity index (χ3v) is 7.17. The smallest absolute Gasteiger partial charge is 0.223 e. The van der Waals surface area contributed by atoms with Crippen molar-refractivity contribution in [3.8, 4) is 0 Å². The van der Waals surface area contributed by atoms with E-state index in [0.717, 1.165) is 25.7 Å². The number of carbonyl (C=O) groups is 1. The summed E-state index contributed by atoms with van der Waals surface area (Å²) in [5, 5.41) is 3.51. The molecule has 3 aliphatic carbocycles. The minimum atomic E-state index is 0.228. The van der Waals surface area contributed by atoms with Crippen LogP contribution in [0.3, 0.4) is 0 Å². The standard InChI is InChI=1S/C20H36N2O/c1-13(2)16-8-7-14(3)10-17(16)19(23)22-18-6-4-5-9-20(18)11-15(21)12-20/h13-18H,4-12,21H2,1-3H3,(H,22,23)/t14-,15?,16+,17-,18?,20?/m1/s1. The van der Waals surface area contributed by atoms with Gasteiger partial charge in [-0.3, -0.25) is 4.79 Å². The second-order valence-electron chi connectivity index (χ2n) is 9.27. The highest BCUT2D eigenvalue weighted by molar-refractivity contribution is 5.79. The Balaban J connectivity index is 1.66. The van der Waals surface area contributed by atoms with E-state index in [1.807, 2.05) is 0 Å². The lowest BCUT2D eigenvalue weighted by Crippen LogP contribution is -2.60. The molecule has 3 aliphatic rings. The van der Waals surface area contributed by atoms with Gasteiger partial charge in [-0.15, -0.1) is 0 Å². The molecule has 3 heteroatoms. The van der Waals surface area contributed by atoms with Crippen molar-refractivity contribution in [2.75, 3.05) is 0 Å². The lowest BCUT2D eigenvalue weighted by molar-refractivity contribution is -0.132. The summed E-state index contributed by atoms with van der Waals surface area (Å²) >= 11 is 0. The number of hydrogen-bond donors (Lipinski definition) is 2. The van der Waals surface area contributed by atoms with Crippen LogP contribution in [0.1, 0.15) is 78.6 Å². The first-order valence-electron chi connectivity index (χ1n) is 9.97. The fourth-order valence-corrected chi connectivity index (χ4v) is 5.79. The van der Waals surface area contributed by atoms with Gasteiger partial charge in [-0.05, 0) is 61.7 Å². The zero-order valence-electron chi connectivity index (χ0n) is 15.3. The highest BCUT2D eigenvalue weighted by Gasteiger charge is 2.50. The Morgan fingerprint density at radius 3 is 2.57 bits per heavy atom. The van der Waals surface area contributed by atoms with E-state index in [4.69, 9.17) is 5.73 Å². The Morgan fingerprint density at radius 2 is 1.91 bits per heavy atom. The van der Waals surface area contributed by atoms with E-state index < -0.39 is 0 Å². The highest BCUT2D eigenvalue weighted by Crippen LogP contribution is 2.51. The molecule has 0 aliphatic heterocycles. The second-order valence-corrected chi connectivity index (χ2v) is 9.27. The summed E-state index contributed by atoms with van der Waals surface area (Å²) in [6.07, 6.45) is 10.8. The van der Waals surface area contributed by atoms with Crippen molar-refractivity contribution in [3.63, 3.8) is 0 Å². The molecule has 23 heavy (non-hydrogen) atoms. The van der Waals surface area contributed by atoms with Gasteiger partial charge in [0.2, 0.25) is 5.91 Å². The third kappa shape index (κ3) is 3.45. The molecule has 4 atom stereocenters. The molecule has 0 bridgehead atoms. The summed E-state index contributed by atoms with van der Waals surface area (Å²) in [7, 11) is 0. The van der Waals surface area contributed by atoms with E-state index in [0.29, 0.717) is 41.2 Å². The van der Waals surface area contributed by atoms with Crippen LogP contribution in [0.5, 0.6) is 0 Å². The molecule has 3 fully saturated rings. The normalized spacial score (nSPS) is 44.1. The lowest BCUT2D eigenvalue weighted by Gasteiger charge is -2.54. The molecular formula is C20H36N2O. The zero-order valence-corrected chi connectivity index (χ0v) is 15.3.